The first-order valence-corrected chi connectivity index (χ1v) is 7.39. The molecule has 1 aromatic rings. The fourth-order valence-corrected chi connectivity index (χ4v) is 2.83. The molecule has 1 N–H and O–H groups in total. The first-order valence-electron chi connectivity index (χ1n) is 6.40. The fourth-order valence-electron chi connectivity index (χ4n) is 2.17. The van der Waals surface area contributed by atoms with Crippen molar-refractivity contribution in [3.05, 3.63) is 0 Å². The van der Waals surface area contributed by atoms with Crippen LogP contribution in [0, 0.1) is 0 Å². The number of amides is 1. The lowest BCUT2D eigenvalue weighted by molar-refractivity contribution is -0.119. The van der Waals surface area contributed by atoms with Gasteiger partial charge in [0.1, 0.15) is 0 Å². The highest BCUT2D eigenvalue weighted by molar-refractivity contribution is 7.99. The molecule has 6 nitrogen and oxygen atoms in total. The summed E-state index contributed by atoms with van der Waals surface area (Å²) in [5.41, 5.74) is 0. The molecule has 7 heteroatoms. The number of hydrogen-bond donors (Lipinski definition) is 1. The number of nitrogens with zero attached hydrogens (tertiary/aromatic N) is 4. The normalized spacial score (nSPS) is 17.4. The first-order chi connectivity index (χ1) is 8.75. The predicted molar refractivity (Wildman–Crippen MR) is 69.2 cm³/mol. The Hall–Kier alpha value is -1.11. The van der Waals surface area contributed by atoms with E-state index in [9.17, 15) is 4.79 Å². The molecule has 18 heavy (non-hydrogen) atoms. The third kappa shape index (κ3) is 3.97. The molecule has 0 aliphatic heterocycles. The molecule has 0 radical (unpaired) electrons. The van der Waals surface area contributed by atoms with E-state index in [2.05, 4.69) is 20.8 Å². The smallest absolute Gasteiger partial charge is 0.230 e. The molecule has 0 atom stereocenters. The summed E-state index contributed by atoms with van der Waals surface area (Å²) in [5.74, 6) is 0.458. The molecule has 1 aliphatic carbocycles. The van der Waals surface area contributed by atoms with E-state index in [1.165, 1.54) is 37.4 Å². The van der Waals surface area contributed by atoms with Crippen LogP contribution in [0.5, 0.6) is 0 Å². The quantitative estimate of drug-likeness (QED) is 0.655. The number of nitrogens with one attached hydrogen (secondary N) is 1. The molecule has 0 saturated heterocycles. The second-order valence-electron chi connectivity index (χ2n) is 4.63. The van der Waals surface area contributed by atoms with E-state index in [1.54, 1.807) is 11.7 Å². The van der Waals surface area contributed by atoms with Crippen LogP contribution in [-0.2, 0) is 11.8 Å². The maximum atomic E-state index is 11.8. The van der Waals surface area contributed by atoms with Crippen LogP contribution in [0.4, 0.5) is 0 Å². The largest absolute Gasteiger partial charge is 0.353 e. The molecule has 0 bridgehead atoms. The highest BCUT2D eigenvalue weighted by Crippen LogP contribution is 2.18. The topological polar surface area (TPSA) is 72.7 Å². The van der Waals surface area contributed by atoms with Crippen LogP contribution in [-0.4, -0.2) is 37.9 Å². The van der Waals surface area contributed by atoms with E-state index in [1.807, 2.05) is 0 Å². The summed E-state index contributed by atoms with van der Waals surface area (Å²) in [6, 6.07) is 0.359. The van der Waals surface area contributed by atoms with Crippen molar-refractivity contribution in [2.24, 2.45) is 7.05 Å². The van der Waals surface area contributed by atoms with Gasteiger partial charge in [-0.2, -0.15) is 0 Å². The van der Waals surface area contributed by atoms with Crippen molar-refractivity contribution in [1.29, 1.82) is 0 Å². The van der Waals surface area contributed by atoms with Gasteiger partial charge < -0.3 is 5.32 Å². The van der Waals surface area contributed by atoms with Gasteiger partial charge >= 0.3 is 0 Å². The molecule has 1 amide bonds. The summed E-state index contributed by atoms with van der Waals surface area (Å²) in [5, 5.41) is 14.9. The predicted octanol–water partition coefficient (Wildman–Crippen LogP) is 1.14. The Labute approximate surface area is 111 Å². The zero-order valence-corrected chi connectivity index (χ0v) is 11.4. The van der Waals surface area contributed by atoms with Gasteiger partial charge in [-0.15, -0.1) is 5.10 Å². The third-order valence-corrected chi connectivity index (χ3v) is 4.14. The van der Waals surface area contributed by atoms with Gasteiger partial charge in [0.15, 0.2) is 0 Å². The number of hydrogen-bond acceptors (Lipinski definition) is 5. The van der Waals surface area contributed by atoms with Gasteiger partial charge in [-0.3, -0.25) is 4.79 Å². The summed E-state index contributed by atoms with van der Waals surface area (Å²) in [4.78, 5) is 11.8. The molecule has 1 saturated carbocycles. The molecular formula is C11H19N5OS. The average molecular weight is 269 g/mol. The van der Waals surface area contributed by atoms with Gasteiger partial charge in [0.2, 0.25) is 11.1 Å². The number of aryl methyl sites for hydroxylation is 1. The molecule has 0 aromatic carbocycles. The maximum absolute atomic E-state index is 11.8. The minimum absolute atomic E-state index is 0.0786. The van der Waals surface area contributed by atoms with Crippen molar-refractivity contribution < 1.29 is 4.79 Å². The Morgan fingerprint density at radius 1 is 1.39 bits per heavy atom. The van der Waals surface area contributed by atoms with Crippen LogP contribution < -0.4 is 5.32 Å². The lowest BCUT2D eigenvalue weighted by Crippen LogP contribution is -2.35. The van der Waals surface area contributed by atoms with Crippen LogP contribution in [0.3, 0.4) is 0 Å². The van der Waals surface area contributed by atoms with Gasteiger partial charge in [-0.1, -0.05) is 37.4 Å². The number of carbonyl (C=O) groups is 1. The standard InChI is InChI=1S/C11H19N5OS/c1-16-11(13-14-15-16)18-8-10(17)12-9-6-4-2-3-5-7-9/h9H,2-8H2,1H3,(H,12,17). The Kier molecular flexibility index (Phi) is 4.98. The molecule has 0 unspecified atom stereocenters. The number of tetrazole rings is 1. The lowest BCUT2D eigenvalue weighted by Gasteiger charge is -2.15. The summed E-state index contributed by atoms with van der Waals surface area (Å²) >= 11 is 1.37. The van der Waals surface area contributed by atoms with Crippen molar-refractivity contribution >= 4 is 17.7 Å². The molecular weight excluding hydrogens is 250 g/mol. The number of aromatic nitrogens is 4. The van der Waals surface area contributed by atoms with Gasteiger partial charge in [0.25, 0.3) is 0 Å². The SMILES string of the molecule is Cn1nnnc1SCC(=O)NC1CCCCCC1. The highest BCUT2D eigenvalue weighted by Gasteiger charge is 2.15. The second-order valence-corrected chi connectivity index (χ2v) is 5.57. The second kappa shape index (κ2) is 6.72. The van der Waals surface area contributed by atoms with E-state index in [-0.39, 0.29) is 5.91 Å². The fraction of sp³-hybridized carbons (Fsp3) is 0.818. The first kappa shape index (κ1) is 13.3. The number of thioether (sulfide) groups is 1. The minimum atomic E-state index is 0.0786. The van der Waals surface area contributed by atoms with Crippen molar-refractivity contribution in [2.75, 3.05) is 5.75 Å². The summed E-state index contributed by atoms with van der Waals surface area (Å²) in [6.45, 7) is 0. The monoisotopic (exact) mass is 269 g/mol. The number of rotatable bonds is 4. The Balaban J connectivity index is 1.73. The van der Waals surface area contributed by atoms with Crippen LogP contribution in [0.2, 0.25) is 0 Å². The number of carbonyl (C=O) groups excluding carboxylic acids is 1. The Bertz CT molecular complexity index is 387. The lowest BCUT2D eigenvalue weighted by atomic mass is 10.1. The van der Waals surface area contributed by atoms with Crippen molar-refractivity contribution in [3.8, 4) is 0 Å². The van der Waals surface area contributed by atoms with Crippen molar-refractivity contribution in [1.82, 2.24) is 25.5 Å². The Morgan fingerprint density at radius 3 is 2.72 bits per heavy atom. The molecule has 1 fully saturated rings. The van der Waals surface area contributed by atoms with E-state index in [4.69, 9.17) is 0 Å². The van der Waals surface area contributed by atoms with E-state index in [0.29, 0.717) is 17.0 Å². The van der Waals surface area contributed by atoms with Crippen molar-refractivity contribution in [3.63, 3.8) is 0 Å². The van der Waals surface area contributed by atoms with E-state index < -0.39 is 0 Å². The van der Waals surface area contributed by atoms with Gasteiger partial charge in [0, 0.05) is 13.1 Å². The summed E-state index contributed by atoms with van der Waals surface area (Å²) < 4.78 is 1.57. The van der Waals surface area contributed by atoms with E-state index in [0.717, 1.165) is 12.8 Å². The zero-order chi connectivity index (χ0) is 12.8. The maximum Gasteiger partial charge on any atom is 0.230 e. The molecule has 1 heterocycles. The molecule has 0 spiro atoms. The van der Waals surface area contributed by atoms with Crippen LogP contribution >= 0.6 is 11.8 Å². The highest BCUT2D eigenvalue weighted by atomic mass is 32.2. The Morgan fingerprint density at radius 2 is 2.11 bits per heavy atom. The zero-order valence-electron chi connectivity index (χ0n) is 10.6. The molecule has 1 aliphatic rings. The van der Waals surface area contributed by atoms with Gasteiger partial charge in [0.05, 0.1) is 5.75 Å². The summed E-state index contributed by atoms with van der Waals surface area (Å²) in [6.07, 6.45) is 7.28. The van der Waals surface area contributed by atoms with Gasteiger partial charge in [-0.25, -0.2) is 4.68 Å². The molecule has 2 rings (SSSR count). The van der Waals surface area contributed by atoms with E-state index >= 15 is 0 Å². The van der Waals surface area contributed by atoms with Gasteiger partial charge in [-0.05, 0) is 23.3 Å². The van der Waals surface area contributed by atoms with Crippen LogP contribution in [0.15, 0.2) is 5.16 Å². The van der Waals surface area contributed by atoms with Crippen LogP contribution in [0.25, 0.3) is 0 Å². The molecule has 100 valence electrons. The van der Waals surface area contributed by atoms with Crippen LogP contribution in [0.1, 0.15) is 38.5 Å². The average Bonchev–Trinajstić information content (AvgIpc) is 2.61. The third-order valence-electron chi connectivity index (χ3n) is 3.13. The minimum Gasteiger partial charge on any atom is -0.353 e. The molecule has 1 aromatic heterocycles. The summed E-state index contributed by atoms with van der Waals surface area (Å²) in [7, 11) is 1.77. The van der Waals surface area contributed by atoms with Crippen molar-refractivity contribution in [2.45, 2.75) is 49.7 Å².